The van der Waals surface area contributed by atoms with Crippen LogP contribution in [-0.4, -0.2) is 31.8 Å². The van der Waals surface area contributed by atoms with Gasteiger partial charge in [-0.2, -0.15) is 0 Å². The summed E-state index contributed by atoms with van der Waals surface area (Å²) < 4.78 is 16.2. The lowest BCUT2D eigenvalue weighted by molar-refractivity contribution is -0.180. The van der Waals surface area contributed by atoms with Crippen molar-refractivity contribution in [2.45, 2.75) is 44.3 Å². The molecule has 0 spiro atoms. The lowest BCUT2D eigenvalue weighted by Crippen LogP contribution is -2.45. The van der Waals surface area contributed by atoms with Crippen LogP contribution in [0, 0.1) is 0 Å². The van der Waals surface area contributed by atoms with Gasteiger partial charge >= 0.3 is 5.97 Å². The molecule has 1 fully saturated rings. The molecule has 1 amide bonds. The van der Waals surface area contributed by atoms with Crippen molar-refractivity contribution in [1.29, 1.82) is 0 Å². The Balaban J connectivity index is 1.99. The fraction of sp³-hybridized carbons (Fsp3) is 0.529. The third-order valence-electron chi connectivity index (χ3n) is 4.08. The molecule has 1 aliphatic rings. The molecule has 0 bridgehead atoms. The third kappa shape index (κ3) is 4.69. The van der Waals surface area contributed by atoms with Gasteiger partial charge in [-0.15, -0.1) is 0 Å². The summed E-state index contributed by atoms with van der Waals surface area (Å²) in [4.78, 5) is 22.7. The summed E-state index contributed by atoms with van der Waals surface area (Å²) in [6, 6.07) is 7.54. The Hall–Kier alpha value is -2.08. The maximum Gasteiger partial charge on any atom is 0.340 e. The fourth-order valence-corrected chi connectivity index (χ4v) is 2.75. The van der Waals surface area contributed by atoms with Crippen LogP contribution in [0.3, 0.4) is 0 Å². The lowest BCUT2D eigenvalue weighted by Gasteiger charge is -2.34. The normalized spacial score (nSPS) is 16.4. The van der Waals surface area contributed by atoms with Crippen molar-refractivity contribution >= 4 is 12.4 Å². The van der Waals surface area contributed by atoms with Crippen molar-refractivity contribution in [2.75, 3.05) is 13.8 Å². The second-order valence-corrected chi connectivity index (χ2v) is 5.59. The Kier molecular flexibility index (Phi) is 6.40. The van der Waals surface area contributed by atoms with E-state index in [0.29, 0.717) is 25.9 Å². The molecular weight excluding hydrogens is 298 g/mol. The summed E-state index contributed by atoms with van der Waals surface area (Å²) in [5, 5.41) is 2.33. The van der Waals surface area contributed by atoms with Gasteiger partial charge in [-0.3, -0.25) is 4.79 Å². The molecule has 0 aromatic heterocycles. The van der Waals surface area contributed by atoms with Gasteiger partial charge in [-0.25, -0.2) is 4.79 Å². The van der Waals surface area contributed by atoms with Gasteiger partial charge in [0.15, 0.2) is 12.3 Å². The zero-order valence-electron chi connectivity index (χ0n) is 13.4. The highest BCUT2D eigenvalue weighted by Crippen LogP contribution is 2.33. The number of esters is 1. The molecule has 1 saturated carbocycles. The molecule has 1 aliphatic carbocycles. The Morgan fingerprint density at radius 2 is 1.91 bits per heavy atom. The molecule has 126 valence electrons. The minimum atomic E-state index is -0.914. The summed E-state index contributed by atoms with van der Waals surface area (Å²) in [7, 11) is 1.62. The van der Waals surface area contributed by atoms with E-state index in [9.17, 15) is 9.59 Å². The van der Waals surface area contributed by atoms with Crippen LogP contribution in [0.25, 0.3) is 0 Å². The molecule has 1 aromatic rings. The van der Waals surface area contributed by atoms with Gasteiger partial charge in [0.2, 0.25) is 6.41 Å². The highest BCUT2D eigenvalue weighted by atomic mass is 16.6. The highest BCUT2D eigenvalue weighted by Gasteiger charge is 2.42. The Morgan fingerprint density at radius 3 is 2.52 bits per heavy atom. The van der Waals surface area contributed by atoms with Gasteiger partial charge < -0.3 is 19.5 Å². The number of amides is 1. The van der Waals surface area contributed by atoms with Crippen LogP contribution in [0.1, 0.15) is 37.7 Å². The van der Waals surface area contributed by atoms with Gasteiger partial charge in [-0.05, 0) is 43.4 Å². The third-order valence-corrected chi connectivity index (χ3v) is 4.08. The molecule has 0 heterocycles. The van der Waals surface area contributed by atoms with Gasteiger partial charge in [0.1, 0.15) is 5.75 Å². The minimum absolute atomic E-state index is 0.129. The van der Waals surface area contributed by atoms with E-state index in [4.69, 9.17) is 14.2 Å². The summed E-state index contributed by atoms with van der Waals surface area (Å²) in [6.07, 6.45) is 4.73. The van der Waals surface area contributed by atoms with Gasteiger partial charge in [0, 0.05) is 0 Å². The molecule has 0 radical (unpaired) electrons. The molecule has 6 heteroatoms. The first-order valence-corrected chi connectivity index (χ1v) is 7.81. The van der Waals surface area contributed by atoms with Crippen molar-refractivity contribution in [3.05, 3.63) is 29.8 Å². The average molecular weight is 321 g/mol. The summed E-state index contributed by atoms with van der Waals surface area (Å²) >= 11 is 0. The Labute approximate surface area is 136 Å². The minimum Gasteiger partial charge on any atom is -0.497 e. The van der Waals surface area contributed by atoms with Crippen LogP contribution in [0.5, 0.6) is 5.75 Å². The first-order chi connectivity index (χ1) is 11.2. The number of carbonyl (C=O) groups is 2. The van der Waals surface area contributed by atoms with Gasteiger partial charge in [0.05, 0.1) is 13.7 Å². The molecule has 6 nitrogen and oxygen atoms in total. The van der Waals surface area contributed by atoms with Crippen LogP contribution in [0.4, 0.5) is 0 Å². The van der Waals surface area contributed by atoms with Crippen LogP contribution < -0.4 is 10.1 Å². The van der Waals surface area contributed by atoms with Crippen molar-refractivity contribution in [3.8, 4) is 5.75 Å². The number of ether oxygens (including phenoxy) is 3. The zero-order chi connectivity index (χ0) is 16.5. The monoisotopic (exact) mass is 321 g/mol. The van der Waals surface area contributed by atoms with Crippen molar-refractivity contribution in [3.63, 3.8) is 0 Å². The molecule has 0 atom stereocenters. The number of benzene rings is 1. The van der Waals surface area contributed by atoms with Crippen LogP contribution in [-0.2, 0) is 25.7 Å². The molecule has 2 rings (SSSR count). The number of methoxy groups -OCH3 is 1. The Bertz CT molecular complexity index is 508. The number of rotatable bonds is 8. The molecule has 0 saturated heterocycles. The summed E-state index contributed by atoms with van der Waals surface area (Å²) in [5.74, 6) is 0.375. The SMILES string of the molecule is COc1ccc(COC2(C(=O)OCNC=O)CCCCC2)cc1. The molecular formula is C17H23NO5. The highest BCUT2D eigenvalue weighted by molar-refractivity contribution is 5.79. The number of hydrogen-bond donors (Lipinski definition) is 1. The largest absolute Gasteiger partial charge is 0.497 e. The van der Waals surface area contributed by atoms with E-state index in [1.165, 1.54) is 0 Å². The number of nitrogens with one attached hydrogen (secondary N) is 1. The second kappa shape index (κ2) is 8.53. The van der Waals surface area contributed by atoms with E-state index in [1.54, 1.807) is 7.11 Å². The molecule has 0 aliphatic heterocycles. The van der Waals surface area contributed by atoms with E-state index < -0.39 is 11.6 Å². The smallest absolute Gasteiger partial charge is 0.340 e. The topological polar surface area (TPSA) is 73.9 Å². The maximum absolute atomic E-state index is 12.4. The lowest BCUT2D eigenvalue weighted by atomic mass is 9.84. The van der Waals surface area contributed by atoms with Crippen molar-refractivity contribution < 1.29 is 23.8 Å². The van der Waals surface area contributed by atoms with E-state index in [1.807, 2.05) is 24.3 Å². The molecule has 1 aromatic carbocycles. The van der Waals surface area contributed by atoms with Gasteiger partial charge in [-0.1, -0.05) is 18.6 Å². The Morgan fingerprint density at radius 1 is 1.22 bits per heavy atom. The predicted molar refractivity (Wildman–Crippen MR) is 83.8 cm³/mol. The molecule has 0 unspecified atom stereocenters. The van der Waals surface area contributed by atoms with Crippen molar-refractivity contribution in [2.24, 2.45) is 0 Å². The second-order valence-electron chi connectivity index (χ2n) is 5.59. The molecule has 23 heavy (non-hydrogen) atoms. The van der Waals surface area contributed by atoms with E-state index >= 15 is 0 Å². The number of carbonyl (C=O) groups excluding carboxylic acids is 2. The maximum atomic E-state index is 12.4. The van der Waals surface area contributed by atoms with Crippen LogP contribution in [0.15, 0.2) is 24.3 Å². The van der Waals surface area contributed by atoms with Crippen LogP contribution >= 0.6 is 0 Å². The number of hydrogen-bond acceptors (Lipinski definition) is 5. The predicted octanol–water partition coefficient (Wildman–Crippen LogP) is 2.16. The van der Waals surface area contributed by atoms with Crippen LogP contribution in [0.2, 0.25) is 0 Å². The zero-order valence-corrected chi connectivity index (χ0v) is 13.4. The van der Waals surface area contributed by atoms with Crippen molar-refractivity contribution in [1.82, 2.24) is 5.32 Å². The fourth-order valence-electron chi connectivity index (χ4n) is 2.75. The summed E-state index contributed by atoms with van der Waals surface area (Å²) in [6.45, 7) is 0.205. The van der Waals surface area contributed by atoms with E-state index in [0.717, 1.165) is 30.6 Å². The first-order valence-electron chi connectivity index (χ1n) is 7.81. The standard InChI is InChI=1S/C17H23NO5/c1-21-15-7-5-14(6-8-15)11-23-17(9-3-2-4-10-17)16(20)22-13-18-12-19/h5-8,12H,2-4,9-11,13H2,1H3,(H,18,19). The van der Waals surface area contributed by atoms with E-state index in [2.05, 4.69) is 5.32 Å². The summed E-state index contributed by atoms with van der Waals surface area (Å²) in [5.41, 5.74) is 0.0532. The van der Waals surface area contributed by atoms with Gasteiger partial charge in [0.25, 0.3) is 0 Å². The quantitative estimate of drug-likeness (QED) is 0.344. The molecule has 1 N–H and O–H groups in total. The first kappa shape index (κ1) is 17.3. The average Bonchev–Trinajstić information content (AvgIpc) is 2.61. The van der Waals surface area contributed by atoms with E-state index in [-0.39, 0.29) is 6.73 Å².